The molecule has 12 nitrogen and oxygen atoms in total. The first-order chi connectivity index (χ1) is 37.4. The lowest BCUT2D eigenvalue weighted by atomic mass is 9.77. The molecule has 0 saturated heterocycles. The summed E-state index contributed by atoms with van der Waals surface area (Å²) in [6.07, 6.45) is 6.24. The molecule has 81 heavy (non-hydrogen) atoms. The van der Waals surface area contributed by atoms with E-state index >= 15 is 0 Å². The number of rotatable bonds is 30. The van der Waals surface area contributed by atoms with Gasteiger partial charge in [0.25, 0.3) is 0 Å². The summed E-state index contributed by atoms with van der Waals surface area (Å²) in [5.74, 6) is 1.82. The number of carbonyl (C=O) groups excluding carboxylic acids is 8. The molecular formula is C69H116N4O8. The zero-order valence-electron chi connectivity index (χ0n) is 55.6. The van der Waals surface area contributed by atoms with Crippen molar-refractivity contribution in [2.24, 2.45) is 53.3 Å². The van der Waals surface area contributed by atoms with Crippen LogP contribution in [-0.2, 0) is 32.0 Å². The summed E-state index contributed by atoms with van der Waals surface area (Å²) in [7, 11) is 2.00. The lowest BCUT2D eigenvalue weighted by Gasteiger charge is -2.31. The van der Waals surface area contributed by atoms with Crippen molar-refractivity contribution in [1.29, 1.82) is 0 Å². The Morgan fingerprint density at radius 1 is 0.519 bits per heavy atom. The lowest BCUT2D eigenvalue weighted by Crippen LogP contribution is -2.44. The molecule has 1 unspecified atom stereocenters. The number of anilines is 1. The second-order valence-corrected chi connectivity index (χ2v) is 26.4. The van der Waals surface area contributed by atoms with E-state index in [1.54, 1.807) is 6.07 Å². The fourth-order valence-electron chi connectivity index (χ4n) is 9.33. The number of Topliss-reactive ketones (excluding diaryl/α,β-unsaturated/α-hetero) is 8. The van der Waals surface area contributed by atoms with Crippen LogP contribution in [0.4, 0.5) is 5.69 Å². The van der Waals surface area contributed by atoms with E-state index in [0.29, 0.717) is 65.3 Å². The van der Waals surface area contributed by atoms with Crippen LogP contribution in [0.25, 0.3) is 0 Å². The predicted octanol–water partition coefficient (Wildman–Crippen LogP) is 14.6. The number of ketones is 8. The Kier molecular flexibility index (Phi) is 35.5. The number of carbonyl (C=O) groups is 8. The maximum Gasteiger partial charge on any atom is 0.166 e. The van der Waals surface area contributed by atoms with Gasteiger partial charge in [0.2, 0.25) is 0 Å². The number of fused-ring (bicyclic) bond motifs is 1. The van der Waals surface area contributed by atoms with E-state index in [2.05, 4.69) is 54.6 Å². The molecule has 0 amide bonds. The first-order valence-electron chi connectivity index (χ1n) is 30.9. The van der Waals surface area contributed by atoms with Gasteiger partial charge in [-0.2, -0.15) is 0 Å². The molecule has 3 atom stereocenters. The van der Waals surface area contributed by atoms with Crippen LogP contribution in [0.5, 0.6) is 0 Å². The Balaban J connectivity index is 0.00000107. The molecule has 2 aromatic rings. The Bertz CT molecular complexity index is 2280. The molecule has 3 rings (SSSR count). The van der Waals surface area contributed by atoms with E-state index in [9.17, 15) is 38.4 Å². The van der Waals surface area contributed by atoms with Crippen molar-refractivity contribution in [2.45, 2.75) is 254 Å². The first-order valence-corrected chi connectivity index (χ1v) is 30.9. The van der Waals surface area contributed by atoms with Crippen molar-refractivity contribution in [2.75, 3.05) is 18.9 Å². The van der Waals surface area contributed by atoms with Gasteiger partial charge in [-0.15, -0.1) is 0 Å². The quantitative estimate of drug-likeness (QED) is 0.0632. The summed E-state index contributed by atoms with van der Waals surface area (Å²) in [6, 6.07) is 10.5. The second-order valence-electron chi connectivity index (χ2n) is 26.4. The Hall–Kier alpha value is -4.52. The van der Waals surface area contributed by atoms with Crippen LogP contribution >= 0.6 is 0 Å². The molecule has 460 valence electrons. The van der Waals surface area contributed by atoms with Gasteiger partial charge in [0.15, 0.2) is 34.7 Å². The Morgan fingerprint density at radius 3 is 1.41 bits per heavy atom. The molecular weight excluding hydrogens is 1010 g/mol. The third-order valence-corrected chi connectivity index (χ3v) is 14.6. The monoisotopic (exact) mass is 1130 g/mol. The largest absolute Gasteiger partial charge is 0.383 e. The predicted molar refractivity (Wildman–Crippen MR) is 338 cm³/mol. The summed E-state index contributed by atoms with van der Waals surface area (Å²) in [5, 5.41) is 10.0. The number of nitrogens with one attached hydrogen (secondary N) is 3. The number of likely N-dealkylation sites (N-methyl/N-ethyl adjacent to an activating group) is 1. The van der Waals surface area contributed by atoms with E-state index in [1.807, 2.05) is 164 Å². The third-order valence-electron chi connectivity index (χ3n) is 14.6. The minimum absolute atomic E-state index is 0.0143. The van der Waals surface area contributed by atoms with Crippen LogP contribution in [0.3, 0.4) is 0 Å². The summed E-state index contributed by atoms with van der Waals surface area (Å²) in [6.45, 7) is 48.1. The zero-order valence-corrected chi connectivity index (χ0v) is 55.6. The summed E-state index contributed by atoms with van der Waals surface area (Å²) < 4.78 is 0. The minimum atomic E-state index is -0.183. The molecule has 1 aliphatic carbocycles. The minimum Gasteiger partial charge on any atom is -0.383 e. The standard InChI is InChI=1S/C22H33NO2.C17H25NO2.C16H31NO2.C14H27NO2/c1-13(2)21(24)19-10-8-17-11-16(12-23-15(5)6)7-9-18(17)20(19)22(25)14(3)4;1-10(2)16(19)13-7-14(17(20)11(3)4)9-15(8-13)18-12(5)6;1-11(2)15(18)10-8-9-14(16(19)12(3)4)17(7)13(5)6;1-9(2)13(16)8-7-12(15-11(5)6)14(17)10(3)4/h8,10,13-16,23H,7,9,11-12H2,1-6H3;7-12,18H,1-6H3;11-14H,8-10H2,1-7H3;9-12,15H,7-8H2,1-6H3/t;;14-;12-/m..11/s1. The lowest BCUT2D eigenvalue weighted by molar-refractivity contribution is -0.128. The fraction of sp³-hybridized carbons (Fsp3) is 0.710. The normalized spacial score (nSPS) is 14.1. The van der Waals surface area contributed by atoms with Gasteiger partial charge >= 0.3 is 0 Å². The maximum atomic E-state index is 12.9. The number of hydrogen-bond donors (Lipinski definition) is 3. The molecule has 0 radical (unpaired) electrons. The second kappa shape index (κ2) is 37.6. The smallest absolute Gasteiger partial charge is 0.166 e. The van der Waals surface area contributed by atoms with Crippen molar-refractivity contribution in [3.8, 4) is 0 Å². The van der Waals surface area contributed by atoms with Gasteiger partial charge in [0, 0.05) is 112 Å². The van der Waals surface area contributed by atoms with Gasteiger partial charge in [-0.1, -0.05) is 151 Å². The van der Waals surface area contributed by atoms with Crippen LogP contribution in [0.2, 0.25) is 0 Å². The van der Waals surface area contributed by atoms with Crippen molar-refractivity contribution in [3.05, 3.63) is 63.7 Å². The van der Waals surface area contributed by atoms with E-state index in [-0.39, 0.29) is 112 Å². The van der Waals surface area contributed by atoms with Crippen molar-refractivity contribution < 1.29 is 38.4 Å². The van der Waals surface area contributed by atoms with Crippen molar-refractivity contribution in [1.82, 2.24) is 15.5 Å². The van der Waals surface area contributed by atoms with Crippen LogP contribution in [0.1, 0.15) is 257 Å². The highest BCUT2D eigenvalue weighted by atomic mass is 16.2. The van der Waals surface area contributed by atoms with Crippen LogP contribution in [0, 0.1) is 53.3 Å². The molecule has 0 heterocycles. The highest BCUT2D eigenvalue weighted by Gasteiger charge is 2.30. The van der Waals surface area contributed by atoms with E-state index < -0.39 is 0 Å². The van der Waals surface area contributed by atoms with Gasteiger partial charge in [-0.25, -0.2) is 0 Å². The molecule has 1 aliphatic rings. The van der Waals surface area contributed by atoms with E-state index in [1.165, 1.54) is 5.56 Å². The molecule has 0 bridgehead atoms. The van der Waals surface area contributed by atoms with Crippen LogP contribution in [0.15, 0.2) is 30.3 Å². The van der Waals surface area contributed by atoms with Gasteiger partial charge in [0.05, 0.1) is 12.1 Å². The molecule has 3 N–H and O–H groups in total. The molecule has 0 aliphatic heterocycles. The highest BCUT2D eigenvalue weighted by molar-refractivity contribution is 6.11. The topological polar surface area (TPSA) is 176 Å². The highest BCUT2D eigenvalue weighted by Crippen LogP contribution is 2.33. The van der Waals surface area contributed by atoms with Crippen molar-refractivity contribution in [3.63, 3.8) is 0 Å². The molecule has 2 aromatic carbocycles. The van der Waals surface area contributed by atoms with Crippen LogP contribution < -0.4 is 16.0 Å². The maximum absolute atomic E-state index is 12.9. The van der Waals surface area contributed by atoms with Crippen LogP contribution in [-0.4, -0.2) is 101 Å². The number of hydrogen-bond acceptors (Lipinski definition) is 12. The van der Waals surface area contributed by atoms with Gasteiger partial charge < -0.3 is 16.0 Å². The van der Waals surface area contributed by atoms with E-state index in [4.69, 9.17) is 0 Å². The molecule has 0 saturated carbocycles. The van der Waals surface area contributed by atoms with Crippen molar-refractivity contribution >= 4 is 52.0 Å². The average molecular weight is 1130 g/mol. The molecule has 0 aromatic heterocycles. The summed E-state index contributed by atoms with van der Waals surface area (Å²) in [4.78, 5) is 99.5. The summed E-state index contributed by atoms with van der Waals surface area (Å²) >= 11 is 0. The first kappa shape index (κ1) is 76.5. The molecule has 0 fully saturated rings. The zero-order chi connectivity index (χ0) is 62.9. The third kappa shape index (κ3) is 27.6. The SMILES string of the molecule is CC(C)C(=O)CCC[C@H](C(=O)C(C)C)N(C)C(C)C.CC(C)NCC1CCc2c(ccc(C(=O)C(C)C)c2C(=O)C(C)C)C1.CC(C)N[C@H](CCC(=O)C(C)C)C(=O)C(C)C.CC(C)Nc1cc(C(=O)C(C)C)cc(C(=O)C(C)C)c1. The van der Waals surface area contributed by atoms with Gasteiger partial charge in [-0.05, 0) is 115 Å². The molecule has 12 heteroatoms. The fourth-order valence-corrected chi connectivity index (χ4v) is 9.33. The average Bonchev–Trinajstić information content (AvgIpc) is 3.38. The number of benzene rings is 2. The Morgan fingerprint density at radius 2 is 1.00 bits per heavy atom. The van der Waals surface area contributed by atoms with Gasteiger partial charge in [-0.3, -0.25) is 43.3 Å². The van der Waals surface area contributed by atoms with Gasteiger partial charge in [0.1, 0.15) is 11.6 Å². The molecule has 0 spiro atoms. The number of nitrogens with zero attached hydrogens (tertiary/aromatic N) is 1. The summed E-state index contributed by atoms with van der Waals surface area (Å²) in [5.41, 5.74) is 5.77. The Labute approximate surface area is 493 Å². The van der Waals surface area contributed by atoms with E-state index in [0.717, 1.165) is 49.9 Å².